The normalized spacial score (nSPS) is 19.2. The molecule has 7 heteroatoms. The van der Waals surface area contributed by atoms with Gasteiger partial charge in [0, 0.05) is 36.2 Å². The fraction of sp³-hybridized carbons (Fsp3) is 0.588. The number of amides is 1. The Morgan fingerprint density at radius 3 is 2.42 bits per heavy atom. The van der Waals surface area contributed by atoms with E-state index in [-0.39, 0.29) is 10.8 Å². The summed E-state index contributed by atoms with van der Waals surface area (Å²) in [6.07, 6.45) is 5.16. The fourth-order valence-electron chi connectivity index (χ4n) is 3.46. The number of benzene rings is 1. The Balaban J connectivity index is 2.00. The molecule has 1 fully saturated rings. The van der Waals surface area contributed by atoms with Gasteiger partial charge >= 0.3 is 0 Å². The van der Waals surface area contributed by atoms with Crippen LogP contribution in [-0.2, 0) is 21.2 Å². The Bertz CT molecular complexity index is 740. The van der Waals surface area contributed by atoms with Gasteiger partial charge in [0.05, 0.1) is 4.90 Å². The van der Waals surface area contributed by atoms with Crippen LogP contribution in [0.2, 0.25) is 0 Å². The second-order valence-electron chi connectivity index (χ2n) is 6.38. The van der Waals surface area contributed by atoms with Crippen molar-refractivity contribution in [2.24, 2.45) is 0 Å². The van der Waals surface area contributed by atoms with Crippen LogP contribution in [0.4, 0.5) is 5.69 Å². The monoisotopic (exact) mass is 414 g/mol. The van der Waals surface area contributed by atoms with E-state index in [0.29, 0.717) is 30.5 Å². The van der Waals surface area contributed by atoms with Crippen LogP contribution in [-0.4, -0.2) is 38.3 Å². The molecule has 0 aliphatic carbocycles. The number of halogens is 1. The molecule has 1 saturated heterocycles. The lowest BCUT2D eigenvalue weighted by Crippen LogP contribution is -2.32. The SMILES string of the molecule is CCC(=O)N1CCc2cc(Br)c(S(=O)(=O)N3CCCCCC3)cc21. The Labute approximate surface area is 152 Å². The van der Waals surface area contributed by atoms with E-state index in [1.165, 1.54) is 0 Å². The first-order valence-electron chi connectivity index (χ1n) is 8.58. The summed E-state index contributed by atoms with van der Waals surface area (Å²) in [5.41, 5.74) is 1.77. The van der Waals surface area contributed by atoms with Crippen LogP contribution in [0.1, 0.15) is 44.6 Å². The molecule has 0 spiro atoms. The van der Waals surface area contributed by atoms with Crippen molar-refractivity contribution in [3.63, 3.8) is 0 Å². The van der Waals surface area contributed by atoms with Crippen molar-refractivity contribution in [2.75, 3.05) is 24.5 Å². The minimum atomic E-state index is -3.54. The van der Waals surface area contributed by atoms with E-state index in [0.717, 1.165) is 43.4 Å². The van der Waals surface area contributed by atoms with Gasteiger partial charge in [-0.25, -0.2) is 8.42 Å². The van der Waals surface area contributed by atoms with E-state index >= 15 is 0 Å². The first-order chi connectivity index (χ1) is 11.4. The molecule has 2 aliphatic heterocycles. The second kappa shape index (κ2) is 7.14. The average Bonchev–Trinajstić information content (AvgIpc) is 2.78. The third-order valence-corrected chi connectivity index (χ3v) is 7.67. The number of carbonyl (C=O) groups is 1. The molecular weight excluding hydrogens is 392 g/mol. The molecule has 132 valence electrons. The molecule has 1 aromatic carbocycles. The van der Waals surface area contributed by atoms with Crippen LogP contribution < -0.4 is 4.90 Å². The lowest BCUT2D eigenvalue weighted by atomic mass is 10.2. The summed E-state index contributed by atoms with van der Waals surface area (Å²) >= 11 is 3.44. The van der Waals surface area contributed by atoms with Gasteiger partial charge in [-0.05, 0) is 52.9 Å². The van der Waals surface area contributed by atoms with Gasteiger partial charge in [0.2, 0.25) is 15.9 Å². The van der Waals surface area contributed by atoms with Crippen LogP contribution in [0, 0.1) is 0 Å². The molecule has 0 bridgehead atoms. The highest BCUT2D eigenvalue weighted by Gasteiger charge is 2.31. The predicted octanol–water partition coefficient (Wildman–Crippen LogP) is 3.31. The number of carbonyl (C=O) groups excluding carboxylic acids is 1. The number of nitrogens with zero attached hydrogens (tertiary/aromatic N) is 2. The van der Waals surface area contributed by atoms with Crippen LogP contribution in [0.3, 0.4) is 0 Å². The standard InChI is InChI=1S/C17H23BrN2O3S/c1-2-17(21)20-10-7-13-11-14(18)16(12-15(13)20)24(22,23)19-8-5-3-4-6-9-19/h11-12H,2-10H2,1H3. The minimum absolute atomic E-state index is 0.0363. The summed E-state index contributed by atoms with van der Waals surface area (Å²) in [6.45, 7) is 3.60. The Morgan fingerprint density at radius 2 is 1.79 bits per heavy atom. The van der Waals surface area contributed by atoms with E-state index in [2.05, 4.69) is 15.9 Å². The van der Waals surface area contributed by atoms with E-state index < -0.39 is 10.0 Å². The molecule has 1 amide bonds. The predicted molar refractivity (Wildman–Crippen MR) is 97.7 cm³/mol. The lowest BCUT2D eigenvalue weighted by Gasteiger charge is -2.22. The molecular formula is C17H23BrN2O3S. The van der Waals surface area contributed by atoms with Gasteiger partial charge < -0.3 is 4.90 Å². The summed E-state index contributed by atoms with van der Waals surface area (Å²) < 4.78 is 28.4. The molecule has 2 heterocycles. The van der Waals surface area contributed by atoms with Crippen molar-refractivity contribution >= 4 is 37.5 Å². The summed E-state index contributed by atoms with van der Waals surface area (Å²) in [7, 11) is -3.54. The zero-order chi connectivity index (χ0) is 17.3. The third-order valence-electron chi connectivity index (χ3n) is 4.82. The Morgan fingerprint density at radius 1 is 1.12 bits per heavy atom. The van der Waals surface area contributed by atoms with E-state index in [4.69, 9.17) is 0 Å². The van der Waals surface area contributed by atoms with E-state index in [1.54, 1.807) is 15.3 Å². The minimum Gasteiger partial charge on any atom is -0.312 e. The van der Waals surface area contributed by atoms with Gasteiger partial charge in [-0.1, -0.05) is 19.8 Å². The van der Waals surface area contributed by atoms with Crippen molar-refractivity contribution in [3.05, 3.63) is 22.2 Å². The molecule has 0 N–H and O–H groups in total. The Hall–Kier alpha value is -0.920. The van der Waals surface area contributed by atoms with E-state index in [9.17, 15) is 13.2 Å². The summed E-state index contributed by atoms with van der Waals surface area (Å²) in [5, 5.41) is 0. The van der Waals surface area contributed by atoms with Crippen LogP contribution in [0.25, 0.3) is 0 Å². The molecule has 0 unspecified atom stereocenters. The highest BCUT2D eigenvalue weighted by molar-refractivity contribution is 9.10. The molecule has 5 nitrogen and oxygen atoms in total. The van der Waals surface area contributed by atoms with Gasteiger partial charge in [0.1, 0.15) is 0 Å². The van der Waals surface area contributed by atoms with Crippen molar-refractivity contribution < 1.29 is 13.2 Å². The van der Waals surface area contributed by atoms with Crippen LogP contribution >= 0.6 is 15.9 Å². The maximum absolute atomic E-state index is 13.1. The van der Waals surface area contributed by atoms with E-state index in [1.807, 2.05) is 13.0 Å². The number of rotatable bonds is 3. The number of anilines is 1. The molecule has 3 rings (SSSR count). The maximum Gasteiger partial charge on any atom is 0.244 e. The highest BCUT2D eigenvalue weighted by Crippen LogP contribution is 2.37. The largest absolute Gasteiger partial charge is 0.312 e. The quantitative estimate of drug-likeness (QED) is 0.761. The molecule has 0 radical (unpaired) electrons. The summed E-state index contributed by atoms with van der Waals surface area (Å²) in [6, 6.07) is 3.54. The highest BCUT2D eigenvalue weighted by atomic mass is 79.9. The van der Waals surface area contributed by atoms with Gasteiger partial charge in [0.15, 0.2) is 0 Å². The number of hydrogen-bond acceptors (Lipinski definition) is 3. The molecule has 24 heavy (non-hydrogen) atoms. The van der Waals surface area contributed by atoms with Gasteiger partial charge in [0.25, 0.3) is 0 Å². The number of hydrogen-bond donors (Lipinski definition) is 0. The molecule has 0 atom stereocenters. The van der Waals surface area contributed by atoms with Gasteiger partial charge in [-0.2, -0.15) is 4.31 Å². The molecule has 0 saturated carbocycles. The third kappa shape index (κ3) is 3.26. The fourth-order valence-corrected chi connectivity index (χ4v) is 6.04. The lowest BCUT2D eigenvalue weighted by molar-refractivity contribution is -0.118. The number of fused-ring (bicyclic) bond motifs is 1. The van der Waals surface area contributed by atoms with Gasteiger partial charge in [-0.3, -0.25) is 4.79 Å². The Kier molecular flexibility index (Phi) is 5.32. The topological polar surface area (TPSA) is 57.7 Å². The van der Waals surface area contributed by atoms with Crippen molar-refractivity contribution in [1.29, 1.82) is 0 Å². The number of sulfonamides is 1. The van der Waals surface area contributed by atoms with Crippen molar-refractivity contribution in [3.8, 4) is 0 Å². The first-order valence-corrected chi connectivity index (χ1v) is 10.8. The molecule has 0 aromatic heterocycles. The van der Waals surface area contributed by atoms with Crippen LogP contribution in [0.5, 0.6) is 0 Å². The summed E-state index contributed by atoms with van der Waals surface area (Å²) in [4.78, 5) is 14.1. The molecule has 2 aliphatic rings. The van der Waals surface area contributed by atoms with Gasteiger partial charge in [-0.15, -0.1) is 0 Å². The average molecular weight is 415 g/mol. The first kappa shape index (κ1) is 17.9. The maximum atomic E-state index is 13.1. The molecule has 1 aromatic rings. The smallest absolute Gasteiger partial charge is 0.244 e. The van der Waals surface area contributed by atoms with Crippen molar-refractivity contribution in [1.82, 2.24) is 4.31 Å². The van der Waals surface area contributed by atoms with Crippen LogP contribution in [0.15, 0.2) is 21.5 Å². The zero-order valence-corrected chi connectivity index (χ0v) is 16.3. The van der Waals surface area contributed by atoms with Crippen molar-refractivity contribution in [2.45, 2.75) is 50.3 Å². The second-order valence-corrected chi connectivity index (χ2v) is 9.14. The summed E-state index contributed by atoms with van der Waals surface area (Å²) in [5.74, 6) is 0.0363. The zero-order valence-electron chi connectivity index (χ0n) is 13.9.